The summed E-state index contributed by atoms with van der Waals surface area (Å²) in [4.78, 5) is 4.18. The van der Waals surface area contributed by atoms with Crippen LogP contribution in [0.25, 0.3) is 0 Å². The fourth-order valence-corrected chi connectivity index (χ4v) is 1.71. The van der Waals surface area contributed by atoms with E-state index in [4.69, 9.17) is 4.74 Å². The van der Waals surface area contributed by atoms with Crippen molar-refractivity contribution in [3.8, 4) is 0 Å². The second-order valence-corrected chi connectivity index (χ2v) is 4.38. The first-order valence-corrected chi connectivity index (χ1v) is 7.21. The van der Waals surface area contributed by atoms with Crippen molar-refractivity contribution in [2.45, 2.75) is 32.7 Å². The van der Waals surface area contributed by atoms with Crippen LogP contribution in [0.3, 0.4) is 0 Å². The van der Waals surface area contributed by atoms with Gasteiger partial charge in [0, 0.05) is 39.9 Å². The van der Waals surface area contributed by atoms with E-state index >= 15 is 0 Å². The van der Waals surface area contributed by atoms with Gasteiger partial charge in [-0.05, 0) is 26.2 Å². The van der Waals surface area contributed by atoms with Crippen LogP contribution in [0.4, 0.5) is 0 Å². The molecule has 7 nitrogen and oxygen atoms in total. The highest BCUT2D eigenvalue weighted by Gasteiger charge is 1.97. The summed E-state index contributed by atoms with van der Waals surface area (Å²) < 4.78 is 7.27. The summed E-state index contributed by atoms with van der Waals surface area (Å²) in [6.45, 7) is 6.31. The highest BCUT2D eigenvalue weighted by molar-refractivity contribution is 5.79. The number of guanidine groups is 1. The smallest absolute Gasteiger partial charge is 0.190 e. The van der Waals surface area contributed by atoms with E-state index in [1.165, 1.54) is 0 Å². The third-order valence-electron chi connectivity index (χ3n) is 2.79. The minimum absolute atomic E-state index is 0.777. The fraction of sp³-hybridized carbons (Fsp3) is 0.769. The van der Waals surface area contributed by atoms with E-state index < -0.39 is 0 Å². The van der Waals surface area contributed by atoms with Crippen LogP contribution in [0.1, 0.15) is 26.2 Å². The van der Waals surface area contributed by atoms with Gasteiger partial charge in [-0.25, -0.2) is 0 Å². The molecular weight excluding hydrogens is 256 g/mol. The van der Waals surface area contributed by atoms with Gasteiger partial charge in [-0.15, -0.1) is 10.2 Å². The lowest BCUT2D eigenvalue weighted by molar-refractivity contribution is 0.145. The normalized spacial score (nSPS) is 11.6. The molecule has 0 radical (unpaired) electrons. The van der Waals surface area contributed by atoms with E-state index in [-0.39, 0.29) is 0 Å². The molecule has 0 amide bonds. The van der Waals surface area contributed by atoms with E-state index in [1.54, 1.807) is 19.7 Å². The second-order valence-electron chi connectivity index (χ2n) is 4.38. The van der Waals surface area contributed by atoms with Crippen LogP contribution in [0, 0.1) is 0 Å². The van der Waals surface area contributed by atoms with E-state index in [9.17, 15) is 0 Å². The van der Waals surface area contributed by atoms with Crippen molar-refractivity contribution in [2.75, 3.05) is 33.4 Å². The molecule has 0 aromatic carbocycles. The molecule has 1 rings (SSSR count). The number of aromatic nitrogens is 3. The van der Waals surface area contributed by atoms with Crippen molar-refractivity contribution >= 4 is 5.96 Å². The van der Waals surface area contributed by atoms with Crippen LogP contribution < -0.4 is 10.6 Å². The Morgan fingerprint density at radius 1 is 1.15 bits per heavy atom. The van der Waals surface area contributed by atoms with Gasteiger partial charge in [0.1, 0.15) is 12.7 Å². The van der Waals surface area contributed by atoms with E-state index in [0.29, 0.717) is 0 Å². The second kappa shape index (κ2) is 11.2. The van der Waals surface area contributed by atoms with Crippen LogP contribution in [-0.4, -0.2) is 54.1 Å². The van der Waals surface area contributed by atoms with Crippen molar-refractivity contribution in [2.24, 2.45) is 4.99 Å². The fourth-order valence-electron chi connectivity index (χ4n) is 1.71. The largest absolute Gasteiger partial charge is 0.382 e. The highest BCUT2D eigenvalue weighted by atomic mass is 16.5. The number of aryl methyl sites for hydroxylation is 1. The summed E-state index contributed by atoms with van der Waals surface area (Å²) in [6.07, 6.45) is 6.64. The maximum absolute atomic E-state index is 5.28. The predicted octanol–water partition coefficient (Wildman–Crippen LogP) is 0.650. The summed E-state index contributed by atoms with van der Waals surface area (Å²) in [5.74, 6) is 0.853. The molecule has 0 fully saturated rings. The zero-order valence-corrected chi connectivity index (χ0v) is 12.5. The lowest BCUT2D eigenvalue weighted by atomic mass is 10.3. The predicted molar refractivity (Wildman–Crippen MR) is 79.7 cm³/mol. The molecule has 0 unspecified atom stereocenters. The van der Waals surface area contributed by atoms with Crippen LogP contribution in [0.5, 0.6) is 0 Å². The Bertz CT molecular complexity index is 352. The molecular formula is C13H26N6O. The van der Waals surface area contributed by atoms with Crippen LogP contribution in [0.15, 0.2) is 17.6 Å². The maximum atomic E-state index is 5.28. The van der Waals surface area contributed by atoms with Gasteiger partial charge in [-0.1, -0.05) is 0 Å². The number of nitrogens with zero attached hydrogens (tertiary/aromatic N) is 4. The Kier molecular flexibility index (Phi) is 9.21. The third kappa shape index (κ3) is 7.73. The SMILES string of the molecule is CCOCCCNC(=NC)NCCCCn1cnnc1. The molecule has 20 heavy (non-hydrogen) atoms. The summed E-state index contributed by atoms with van der Waals surface area (Å²) >= 11 is 0. The molecule has 0 aliphatic heterocycles. The first-order chi connectivity index (χ1) is 9.86. The Balaban J connectivity index is 1.98. The first-order valence-electron chi connectivity index (χ1n) is 7.21. The van der Waals surface area contributed by atoms with Crippen molar-refractivity contribution in [3.63, 3.8) is 0 Å². The quantitative estimate of drug-likeness (QED) is 0.374. The minimum Gasteiger partial charge on any atom is -0.382 e. The number of hydrogen-bond acceptors (Lipinski definition) is 4. The summed E-state index contributed by atoms with van der Waals surface area (Å²) in [5.41, 5.74) is 0. The van der Waals surface area contributed by atoms with Crippen LogP contribution in [0.2, 0.25) is 0 Å². The molecule has 1 heterocycles. The number of ether oxygens (including phenoxy) is 1. The van der Waals surface area contributed by atoms with Crippen LogP contribution in [-0.2, 0) is 11.3 Å². The Hall–Kier alpha value is -1.63. The van der Waals surface area contributed by atoms with Gasteiger partial charge >= 0.3 is 0 Å². The molecule has 0 saturated heterocycles. The average molecular weight is 282 g/mol. The molecule has 0 aliphatic carbocycles. The zero-order valence-electron chi connectivity index (χ0n) is 12.5. The Labute approximate surface area is 120 Å². The monoisotopic (exact) mass is 282 g/mol. The summed E-state index contributed by atoms with van der Waals surface area (Å²) in [7, 11) is 1.79. The van der Waals surface area contributed by atoms with Crippen molar-refractivity contribution in [1.29, 1.82) is 0 Å². The van der Waals surface area contributed by atoms with Gasteiger partial charge in [0.2, 0.25) is 0 Å². The van der Waals surface area contributed by atoms with Crippen molar-refractivity contribution < 1.29 is 4.74 Å². The minimum atomic E-state index is 0.777. The molecule has 114 valence electrons. The van der Waals surface area contributed by atoms with Gasteiger partial charge in [0.05, 0.1) is 0 Å². The average Bonchev–Trinajstić information content (AvgIpc) is 2.97. The number of rotatable bonds is 10. The lowest BCUT2D eigenvalue weighted by Gasteiger charge is -2.11. The van der Waals surface area contributed by atoms with E-state index in [1.807, 2.05) is 11.5 Å². The molecule has 0 aliphatic rings. The Morgan fingerprint density at radius 3 is 2.50 bits per heavy atom. The Morgan fingerprint density at radius 2 is 1.85 bits per heavy atom. The lowest BCUT2D eigenvalue weighted by Crippen LogP contribution is -2.38. The van der Waals surface area contributed by atoms with E-state index in [2.05, 4.69) is 25.8 Å². The standard InChI is InChI=1S/C13H26N6O/c1-3-20-10-6-8-16-13(14-2)15-7-4-5-9-19-11-17-18-12-19/h11-12H,3-10H2,1-2H3,(H2,14,15,16). The number of nitrogens with one attached hydrogen (secondary N) is 2. The van der Waals surface area contributed by atoms with E-state index in [0.717, 1.165) is 58.1 Å². The first kappa shape index (κ1) is 16.4. The van der Waals surface area contributed by atoms with Crippen molar-refractivity contribution in [1.82, 2.24) is 25.4 Å². The van der Waals surface area contributed by atoms with Gasteiger partial charge < -0.3 is 19.9 Å². The van der Waals surface area contributed by atoms with Gasteiger partial charge in [-0.3, -0.25) is 4.99 Å². The van der Waals surface area contributed by atoms with Gasteiger partial charge in [0.25, 0.3) is 0 Å². The molecule has 0 spiro atoms. The number of unbranched alkanes of at least 4 members (excludes halogenated alkanes) is 1. The third-order valence-corrected chi connectivity index (χ3v) is 2.79. The number of hydrogen-bond donors (Lipinski definition) is 2. The summed E-state index contributed by atoms with van der Waals surface area (Å²) in [6, 6.07) is 0. The molecule has 0 atom stereocenters. The highest BCUT2D eigenvalue weighted by Crippen LogP contribution is 1.92. The molecule has 7 heteroatoms. The van der Waals surface area contributed by atoms with Crippen molar-refractivity contribution in [3.05, 3.63) is 12.7 Å². The zero-order chi connectivity index (χ0) is 14.5. The number of aliphatic imine (C=N–C) groups is 1. The topological polar surface area (TPSA) is 76.4 Å². The maximum Gasteiger partial charge on any atom is 0.190 e. The summed E-state index contributed by atoms with van der Waals surface area (Å²) in [5, 5.41) is 14.1. The van der Waals surface area contributed by atoms with Gasteiger partial charge in [0.15, 0.2) is 5.96 Å². The van der Waals surface area contributed by atoms with Crippen LogP contribution >= 0.6 is 0 Å². The molecule has 2 N–H and O–H groups in total. The molecule has 0 bridgehead atoms. The molecule has 1 aromatic rings. The van der Waals surface area contributed by atoms with Gasteiger partial charge in [-0.2, -0.15) is 0 Å². The molecule has 0 saturated carbocycles. The molecule has 1 aromatic heterocycles.